The Bertz CT molecular complexity index is 942. The van der Waals surface area contributed by atoms with Crippen LogP contribution in [0.4, 0.5) is 0 Å². The van der Waals surface area contributed by atoms with Gasteiger partial charge in [-0.25, -0.2) is 9.97 Å². The number of para-hydroxylation sites is 1. The molecule has 33 heavy (non-hydrogen) atoms. The number of carbonyl (C=O) groups excluding carboxylic acids is 1. The molecule has 1 aromatic heterocycles. The molecule has 1 atom stereocenters. The van der Waals surface area contributed by atoms with Crippen molar-refractivity contribution in [2.24, 2.45) is 0 Å². The van der Waals surface area contributed by atoms with E-state index in [2.05, 4.69) is 16.8 Å². The van der Waals surface area contributed by atoms with Crippen LogP contribution in [-0.4, -0.2) is 84.0 Å². The number of rotatable bonds is 8. The predicted octanol–water partition coefficient (Wildman–Crippen LogP) is 3.65. The van der Waals surface area contributed by atoms with E-state index in [1.807, 2.05) is 23.2 Å². The first kappa shape index (κ1) is 24.3. The summed E-state index contributed by atoms with van der Waals surface area (Å²) in [6.45, 7) is 8.07. The van der Waals surface area contributed by atoms with Gasteiger partial charge in [0.25, 0.3) is 5.91 Å². The molecule has 3 heterocycles. The lowest BCUT2D eigenvalue weighted by Crippen LogP contribution is -2.42. The number of nitrogens with zero attached hydrogens (tertiary/aromatic N) is 4. The lowest BCUT2D eigenvalue weighted by atomic mass is 9.92. The third-order valence-corrected chi connectivity index (χ3v) is 7.23. The van der Waals surface area contributed by atoms with Gasteiger partial charge in [-0.05, 0) is 37.5 Å². The summed E-state index contributed by atoms with van der Waals surface area (Å²) in [6.07, 6.45) is 3.89. The van der Waals surface area contributed by atoms with E-state index in [-0.39, 0.29) is 18.4 Å². The number of ether oxygens (including phenoxy) is 2. The fourth-order valence-electron chi connectivity index (χ4n) is 4.23. The van der Waals surface area contributed by atoms with Gasteiger partial charge < -0.3 is 14.4 Å². The maximum atomic E-state index is 12.8. The highest BCUT2D eigenvalue weighted by Gasteiger charge is 2.27. The van der Waals surface area contributed by atoms with Crippen LogP contribution in [0.25, 0.3) is 0 Å². The Hall–Kier alpha value is -1.87. The van der Waals surface area contributed by atoms with Gasteiger partial charge in [0.05, 0.1) is 23.9 Å². The van der Waals surface area contributed by atoms with Crippen LogP contribution in [0.3, 0.4) is 0 Å². The molecule has 0 N–H and O–H groups in total. The Balaban J connectivity index is 1.32. The van der Waals surface area contributed by atoms with Crippen molar-refractivity contribution in [1.29, 1.82) is 0 Å². The largest absolute Gasteiger partial charge is 0.482 e. The third kappa shape index (κ3) is 6.82. The quantitative estimate of drug-likeness (QED) is 0.413. The number of aromatic nitrogens is 2. The summed E-state index contributed by atoms with van der Waals surface area (Å²) in [6, 6.07) is 7.21. The SMILES string of the molecule is Cc1cnc(SCCN2CCOCC2)nc1[C@@H]1CCCN(C(=O)COc2ccccc2Cl)C1. The summed E-state index contributed by atoms with van der Waals surface area (Å²) in [5.41, 5.74) is 2.14. The monoisotopic (exact) mass is 490 g/mol. The number of halogens is 1. The fraction of sp³-hybridized carbons (Fsp3) is 0.542. The number of carbonyl (C=O) groups is 1. The van der Waals surface area contributed by atoms with Gasteiger partial charge in [-0.2, -0.15) is 0 Å². The smallest absolute Gasteiger partial charge is 0.260 e. The van der Waals surface area contributed by atoms with Crippen molar-refractivity contribution < 1.29 is 14.3 Å². The molecule has 1 amide bonds. The zero-order valence-corrected chi connectivity index (χ0v) is 20.6. The molecule has 1 aromatic carbocycles. The number of morpholine rings is 1. The number of likely N-dealkylation sites (tertiary alicyclic amines) is 1. The molecule has 2 aliphatic heterocycles. The molecule has 0 bridgehead atoms. The Kier molecular flexibility index (Phi) is 8.83. The Labute approximate surface area is 204 Å². The molecule has 0 aliphatic carbocycles. The van der Waals surface area contributed by atoms with E-state index in [0.29, 0.717) is 17.3 Å². The number of aryl methyl sites for hydroxylation is 1. The summed E-state index contributed by atoms with van der Waals surface area (Å²) in [4.78, 5) is 26.6. The molecule has 0 unspecified atom stereocenters. The maximum Gasteiger partial charge on any atom is 0.260 e. The van der Waals surface area contributed by atoms with E-state index in [1.165, 1.54) is 0 Å². The Morgan fingerprint density at radius 2 is 2.09 bits per heavy atom. The molecule has 178 valence electrons. The van der Waals surface area contributed by atoms with Crippen LogP contribution in [0.5, 0.6) is 5.75 Å². The second kappa shape index (κ2) is 12.0. The zero-order valence-electron chi connectivity index (χ0n) is 19.0. The van der Waals surface area contributed by atoms with Gasteiger partial charge in [0, 0.05) is 50.6 Å². The van der Waals surface area contributed by atoms with Crippen molar-refractivity contribution in [3.8, 4) is 5.75 Å². The van der Waals surface area contributed by atoms with Crippen LogP contribution in [-0.2, 0) is 9.53 Å². The molecule has 0 saturated carbocycles. The predicted molar refractivity (Wildman–Crippen MR) is 130 cm³/mol. The second-order valence-electron chi connectivity index (χ2n) is 8.42. The zero-order chi connectivity index (χ0) is 23.0. The summed E-state index contributed by atoms with van der Waals surface area (Å²) in [5, 5.41) is 1.33. The molecule has 2 fully saturated rings. The number of piperidine rings is 1. The maximum absolute atomic E-state index is 12.8. The summed E-state index contributed by atoms with van der Waals surface area (Å²) in [7, 11) is 0. The van der Waals surface area contributed by atoms with Gasteiger partial charge in [-0.1, -0.05) is 35.5 Å². The molecular formula is C24H31ClN4O3S. The van der Waals surface area contributed by atoms with Crippen LogP contribution >= 0.6 is 23.4 Å². The van der Waals surface area contributed by atoms with Gasteiger partial charge in [-0.3, -0.25) is 9.69 Å². The van der Waals surface area contributed by atoms with Gasteiger partial charge in [0.1, 0.15) is 5.75 Å². The minimum Gasteiger partial charge on any atom is -0.482 e. The van der Waals surface area contributed by atoms with Crippen LogP contribution in [0.2, 0.25) is 5.02 Å². The topological polar surface area (TPSA) is 67.8 Å². The van der Waals surface area contributed by atoms with Crippen LogP contribution in [0.15, 0.2) is 35.6 Å². The van der Waals surface area contributed by atoms with E-state index in [9.17, 15) is 4.79 Å². The molecule has 7 nitrogen and oxygen atoms in total. The number of hydrogen-bond donors (Lipinski definition) is 0. The number of amides is 1. The van der Waals surface area contributed by atoms with E-state index in [4.69, 9.17) is 26.1 Å². The molecule has 4 rings (SSSR count). The van der Waals surface area contributed by atoms with Crippen molar-refractivity contribution in [2.45, 2.75) is 30.8 Å². The van der Waals surface area contributed by atoms with Gasteiger partial charge in [0.15, 0.2) is 11.8 Å². The molecule has 2 aromatic rings. The van der Waals surface area contributed by atoms with Crippen LogP contribution in [0, 0.1) is 6.92 Å². The normalized spacial score (nSPS) is 19.5. The summed E-state index contributed by atoms with van der Waals surface area (Å²) < 4.78 is 11.1. The van der Waals surface area contributed by atoms with Crippen LogP contribution in [0.1, 0.15) is 30.0 Å². The molecule has 0 spiro atoms. The number of hydrogen-bond acceptors (Lipinski definition) is 7. The molecule has 2 aliphatic rings. The first-order valence-corrected chi connectivity index (χ1v) is 12.9. The molecular weight excluding hydrogens is 460 g/mol. The lowest BCUT2D eigenvalue weighted by molar-refractivity contribution is -0.134. The summed E-state index contributed by atoms with van der Waals surface area (Å²) in [5.74, 6) is 1.68. The third-order valence-electron chi connectivity index (χ3n) is 6.08. The highest BCUT2D eigenvalue weighted by atomic mass is 35.5. The molecule has 9 heteroatoms. The van der Waals surface area contributed by atoms with Gasteiger partial charge in [-0.15, -0.1) is 0 Å². The average molecular weight is 491 g/mol. The van der Waals surface area contributed by atoms with Crippen molar-refractivity contribution in [3.05, 3.63) is 46.7 Å². The fourth-order valence-corrected chi connectivity index (χ4v) is 5.24. The first-order chi connectivity index (χ1) is 16.1. The van der Waals surface area contributed by atoms with Crippen molar-refractivity contribution >= 4 is 29.3 Å². The minimum atomic E-state index is -0.0218. The standard InChI is InChI=1S/C24H31ClN4O3S/c1-18-15-26-24(33-14-11-28-9-12-31-13-10-28)27-23(18)19-5-4-8-29(16-19)22(30)17-32-21-7-3-2-6-20(21)25/h2-3,6-7,15,19H,4-5,8-14,16-17H2,1H3/t19-/m1/s1. The summed E-state index contributed by atoms with van der Waals surface area (Å²) >= 11 is 7.83. The van der Waals surface area contributed by atoms with Crippen LogP contribution < -0.4 is 4.74 Å². The number of benzene rings is 1. The first-order valence-electron chi connectivity index (χ1n) is 11.5. The molecule has 2 saturated heterocycles. The van der Waals surface area contributed by atoms with Crippen molar-refractivity contribution in [1.82, 2.24) is 19.8 Å². The lowest BCUT2D eigenvalue weighted by Gasteiger charge is -2.33. The van der Waals surface area contributed by atoms with Crippen molar-refractivity contribution in [3.63, 3.8) is 0 Å². The average Bonchev–Trinajstić information content (AvgIpc) is 2.85. The highest BCUT2D eigenvalue weighted by molar-refractivity contribution is 7.99. The minimum absolute atomic E-state index is 0.0121. The van der Waals surface area contributed by atoms with E-state index in [1.54, 1.807) is 23.9 Å². The highest BCUT2D eigenvalue weighted by Crippen LogP contribution is 2.29. The van der Waals surface area contributed by atoms with Crippen molar-refractivity contribution in [2.75, 3.05) is 58.3 Å². The Morgan fingerprint density at radius 3 is 2.91 bits per heavy atom. The molecule has 0 radical (unpaired) electrons. The number of thioether (sulfide) groups is 1. The van der Waals surface area contributed by atoms with E-state index < -0.39 is 0 Å². The van der Waals surface area contributed by atoms with Gasteiger partial charge in [0.2, 0.25) is 0 Å². The van der Waals surface area contributed by atoms with E-state index >= 15 is 0 Å². The van der Waals surface area contributed by atoms with E-state index in [0.717, 1.165) is 74.4 Å². The van der Waals surface area contributed by atoms with Gasteiger partial charge >= 0.3 is 0 Å². The second-order valence-corrected chi connectivity index (χ2v) is 9.89. The Morgan fingerprint density at radius 1 is 1.27 bits per heavy atom.